The second-order valence-corrected chi connectivity index (χ2v) is 14.6. The molecule has 3 aromatic heterocycles. The molecule has 2 saturated carbocycles. The summed E-state index contributed by atoms with van der Waals surface area (Å²) in [6.45, 7) is 5.14. The molecule has 7 rings (SSSR count). The molecule has 2 N–H and O–H groups in total. The highest BCUT2D eigenvalue weighted by Crippen LogP contribution is 2.46. The Morgan fingerprint density at radius 1 is 1.04 bits per heavy atom. The minimum atomic E-state index is -4.52. The number of fused-ring (bicyclic) bond motifs is 1. The first-order valence-electron chi connectivity index (χ1n) is 18.0. The van der Waals surface area contributed by atoms with E-state index in [1.165, 1.54) is 18.7 Å². The van der Waals surface area contributed by atoms with Crippen molar-refractivity contribution in [3.63, 3.8) is 0 Å². The van der Waals surface area contributed by atoms with E-state index in [4.69, 9.17) is 19.8 Å². The molecular formula is C38H46F3N7O3. The molecule has 13 heteroatoms. The van der Waals surface area contributed by atoms with Crippen LogP contribution in [0.4, 0.5) is 24.5 Å². The number of aromatic nitrogens is 4. The summed E-state index contributed by atoms with van der Waals surface area (Å²) >= 11 is 0. The number of hydrogen-bond donors (Lipinski definition) is 2. The van der Waals surface area contributed by atoms with Gasteiger partial charge >= 0.3 is 12.1 Å². The van der Waals surface area contributed by atoms with Crippen LogP contribution in [0, 0.1) is 5.41 Å². The van der Waals surface area contributed by atoms with Gasteiger partial charge in [-0.1, -0.05) is 19.3 Å². The van der Waals surface area contributed by atoms with Crippen molar-refractivity contribution in [3.8, 4) is 22.6 Å². The predicted molar refractivity (Wildman–Crippen MR) is 191 cm³/mol. The third-order valence-electron chi connectivity index (χ3n) is 10.8. The first-order valence-corrected chi connectivity index (χ1v) is 18.0. The van der Waals surface area contributed by atoms with Gasteiger partial charge < -0.3 is 24.6 Å². The van der Waals surface area contributed by atoms with Crippen LogP contribution in [0.3, 0.4) is 0 Å². The van der Waals surface area contributed by atoms with Gasteiger partial charge in [-0.2, -0.15) is 13.2 Å². The molecule has 0 radical (unpaired) electrons. The molecule has 3 aliphatic rings. The lowest BCUT2D eigenvalue weighted by Gasteiger charge is -2.40. The molecule has 272 valence electrons. The zero-order chi connectivity index (χ0) is 35.8. The number of imidazole rings is 1. The van der Waals surface area contributed by atoms with E-state index in [0.717, 1.165) is 93.7 Å². The SMILES string of the molecule is COCC1(CN(C)c2cc(-c3cnc(C4CC4)c(C(F)(F)F)c3)nc3nc(-c4ccc(N5CCN(CCC(=O)O)CC5)cc4)[nH]c23)CCCCC1. The van der Waals surface area contributed by atoms with Crippen molar-refractivity contribution in [1.82, 2.24) is 24.8 Å². The van der Waals surface area contributed by atoms with Crippen molar-refractivity contribution in [3.05, 3.63) is 53.9 Å². The maximum absolute atomic E-state index is 14.3. The maximum atomic E-state index is 14.3. The smallest absolute Gasteiger partial charge is 0.418 e. The fourth-order valence-corrected chi connectivity index (χ4v) is 7.94. The lowest BCUT2D eigenvalue weighted by Crippen LogP contribution is -2.46. The second-order valence-electron chi connectivity index (χ2n) is 14.6. The summed E-state index contributed by atoms with van der Waals surface area (Å²) in [4.78, 5) is 35.2. The van der Waals surface area contributed by atoms with Gasteiger partial charge in [0.15, 0.2) is 5.65 Å². The third kappa shape index (κ3) is 7.84. The van der Waals surface area contributed by atoms with Crippen LogP contribution in [-0.2, 0) is 15.7 Å². The molecule has 0 amide bonds. The number of carbonyl (C=O) groups is 1. The highest BCUT2D eigenvalue weighted by molar-refractivity contribution is 5.91. The number of methoxy groups -OCH3 is 1. The number of carboxylic acids is 1. The van der Waals surface area contributed by atoms with E-state index in [-0.39, 0.29) is 23.4 Å². The number of rotatable bonds is 12. The van der Waals surface area contributed by atoms with Crippen molar-refractivity contribution in [1.29, 1.82) is 0 Å². The molecule has 51 heavy (non-hydrogen) atoms. The molecule has 10 nitrogen and oxygen atoms in total. The lowest BCUT2D eigenvalue weighted by molar-refractivity contribution is -0.139. The molecule has 1 aliphatic heterocycles. The van der Waals surface area contributed by atoms with Gasteiger partial charge in [0.05, 0.1) is 35.7 Å². The summed E-state index contributed by atoms with van der Waals surface area (Å²) < 4.78 is 48.5. The van der Waals surface area contributed by atoms with E-state index < -0.39 is 17.7 Å². The Balaban J connectivity index is 1.21. The average Bonchev–Trinajstić information content (AvgIpc) is 3.88. The number of hydrogen-bond acceptors (Lipinski definition) is 8. The van der Waals surface area contributed by atoms with Crippen molar-refractivity contribution < 1.29 is 27.8 Å². The van der Waals surface area contributed by atoms with Crippen molar-refractivity contribution in [2.75, 3.05) is 69.8 Å². The molecule has 0 atom stereocenters. The standard InChI is InChI=1S/C38H46F3N7O3/c1-46(23-37(24-51-2)13-4-3-5-14-37)31-21-30(27-20-29(38(39,40)41)33(42-22-27)25-6-7-25)43-36-34(31)44-35(45-36)26-8-10-28(11-9-26)48-18-16-47(17-19-48)15-12-32(49)50/h8-11,20-22,25H,3-7,12-19,23-24H2,1-2H3,(H,49,50)(H,43,44,45). The van der Waals surface area contributed by atoms with Gasteiger partial charge in [0, 0.05) is 87.8 Å². The number of pyridine rings is 2. The molecule has 1 saturated heterocycles. The quantitative estimate of drug-likeness (QED) is 0.158. The number of aromatic amines is 1. The third-order valence-corrected chi connectivity index (χ3v) is 10.8. The van der Waals surface area contributed by atoms with E-state index in [0.29, 0.717) is 35.9 Å². The summed E-state index contributed by atoms with van der Waals surface area (Å²) in [5.74, 6) is -0.302. The minimum absolute atomic E-state index is 0.0329. The van der Waals surface area contributed by atoms with Crippen LogP contribution in [0.15, 0.2) is 42.6 Å². The Kier molecular flexibility index (Phi) is 9.95. The first-order chi connectivity index (χ1) is 24.5. The number of ether oxygens (including phenoxy) is 1. The maximum Gasteiger partial charge on any atom is 0.418 e. The monoisotopic (exact) mass is 705 g/mol. The number of carboxylic acid groups (broad SMARTS) is 1. The number of halogens is 3. The van der Waals surface area contributed by atoms with Crippen LogP contribution in [0.2, 0.25) is 0 Å². The number of aliphatic carboxylic acids is 1. The zero-order valence-electron chi connectivity index (χ0n) is 29.3. The normalized spacial score (nSPS) is 18.3. The number of benzene rings is 1. The Morgan fingerprint density at radius 3 is 2.41 bits per heavy atom. The van der Waals surface area contributed by atoms with Gasteiger partial charge in [0.2, 0.25) is 0 Å². The van der Waals surface area contributed by atoms with Crippen molar-refractivity contribution in [2.45, 2.75) is 63.5 Å². The van der Waals surface area contributed by atoms with Crippen LogP contribution in [0.1, 0.15) is 68.5 Å². The number of nitrogens with zero attached hydrogens (tertiary/aromatic N) is 6. The molecular weight excluding hydrogens is 659 g/mol. The van der Waals surface area contributed by atoms with Crippen LogP contribution in [0.5, 0.6) is 0 Å². The summed E-state index contributed by atoms with van der Waals surface area (Å²) in [7, 11) is 3.77. The number of piperazine rings is 1. The van der Waals surface area contributed by atoms with Gasteiger partial charge in [0.25, 0.3) is 0 Å². The van der Waals surface area contributed by atoms with Crippen LogP contribution < -0.4 is 9.80 Å². The Morgan fingerprint density at radius 2 is 1.76 bits per heavy atom. The number of alkyl halides is 3. The topological polar surface area (TPSA) is 111 Å². The second kappa shape index (κ2) is 14.4. The van der Waals surface area contributed by atoms with Gasteiger partial charge in [-0.05, 0) is 62.1 Å². The highest BCUT2D eigenvalue weighted by atomic mass is 19.4. The molecule has 2 aliphatic carbocycles. The fourth-order valence-electron chi connectivity index (χ4n) is 7.94. The van der Waals surface area contributed by atoms with Gasteiger partial charge in [-0.15, -0.1) is 0 Å². The molecule has 0 spiro atoms. The van der Waals surface area contributed by atoms with E-state index >= 15 is 0 Å². The van der Waals surface area contributed by atoms with Gasteiger partial charge in [-0.3, -0.25) is 14.7 Å². The summed E-state index contributed by atoms with van der Waals surface area (Å²) in [5, 5.41) is 9.01. The van der Waals surface area contributed by atoms with E-state index in [1.54, 1.807) is 7.11 Å². The molecule has 4 aromatic rings. The Bertz CT molecular complexity index is 1840. The Labute approximate surface area is 296 Å². The van der Waals surface area contributed by atoms with Crippen molar-refractivity contribution in [2.24, 2.45) is 5.41 Å². The highest BCUT2D eigenvalue weighted by Gasteiger charge is 2.40. The summed E-state index contributed by atoms with van der Waals surface area (Å²) in [6, 6.07) is 11.2. The fraction of sp³-hybridized carbons (Fsp3) is 0.526. The van der Waals surface area contributed by atoms with Gasteiger partial charge in [-0.25, -0.2) is 9.97 Å². The first kappa shape index (κ1) is 35.2. The van der Waals surface area contributed by atoms with E-state index in [2.05, 4.69) is 36.8 Å². The van der Waals surface area contributed by atoms with Crippen molar-refractivity contribution >= 4 is 28.5 Å². The minimum Gasteiger partial charge on any atom is -0.481 e. The van der Waals surface area contributed by atoms with Crippen LogP contribution in [-0.4, -0.2) is 95.9 Å². The average molecular weight is 706 g/mol. The van der Waals surface area contributed by atoms with Crippen LogP contribution >= 0.6 is 0 Å². The Hall–Kier alpha value is -4.23. The summed E-state index contributed by atoms with van der Waals surface area (Å²) in [6.07, 6.45) is 4.17. The number of H-pyrrole nitrogens is 1. The molecule has 1 aromatic carbocycles. The summed E-state index contributed by atoms with van der Waals surface area (Å²) in [5.41, 5.74) is 4.00. The van der Waals surface area contributed by atoms with Gasteiger partial charge in [0.1, 0.15) is 11.3 Å². The van der Waals surface area contributed by atoms with E-state index in [1.807, 2.05) is 25.2 Å². The molecule has 3 fully saturated rings. The van der Waals surface area contributed by atoms with Crippen LogP contribution in [0.25, 0.3) is 33.8 Å². The molecule has 4 heterocycles. The number of anilines is 2. The molecule has 0 bridgehead atoms. The number of nitrogens with one attached hydrogen (secondary N) is 1. The zero-order valence-corrected chi connectivity index (χ0v) is 29.3. The lowest BCUT2D eigenvalue weighted by atomic mass is 9.74. The largest absolute Gasteiger partial charge is 0.481 e. The molecule has 0 unspecified atom stereocenters. The predicted octanol–water partition coefficient (Wildman–Crippen LogP) is 7.21. The van der Waals surface area contributed by atoms with E-state index in [9.17, 15) is 18.0 Å².